The molecule has 1 heterocycles. The normalized spacial score (nSPS) is 14.4. The van der Waals surface area contributed by atoms with Crippen molar-refractivity contribution in [1.29, 1.82) is 0 Å². The van der Waals surface area contributed by atoms with E-state index in [0.29, 0.717) is 0 Å². The SMILES string of the molecule is Cc1cc(=O)oc2c(F)c(OP(=O)([O-])O)c(F)cc12. The van der Waals surface area contributed by atoms with Gasteiger partial charge < -0.3 is 18.7 Å². The lowest BCUT2D eigenvalue weighted by atomic mass is 10.1. The predicted octanol–water partition coefficient (Wildman–Crippen LogP) is 1.22. The first kappa shape index (κ1) is 13.7. The molecule has 0 fully saturated rings. The van der Waals surface area contributed by atoms with Crippen molar-refractivity contribution in [2.24, 2.45) is 0 Å². The molecule has 9 heteroatoms. The molecular formula is C10H6F2O6P-. The molecule has 0 aliphatic carbocycles. The Morgan fingerprint density at radius 2 is 2.05 bits per heavy atom. The van der Waals surface area contributed by atoms with Crippen molar-refractivity contribution in [2.75, 3.05) is 0 Å². The van der Waals surface area contributed by atoms with Crippen molar-refractivity contribution >= 4 is 18.8 Å². The van der Waals surface area contributed by atoms with Crippen molar-refractivity contribution in [2.45, 2.75) is 6.92 Å². The van der Waals surface area contributed by atoms with Crippen molar-refractivity contribution in [3.8, 4) is 5.75 Å². The molecule has 1 atom stereocenters. The number of phosphoric ester groups is 1. The van der Waals surface area contributed by atoms with Crippen LogP contribution in [0, 0.1) is 18.6 Å². The molecule has 2 aromatic rings. The minimum absolute atomic E-state index is 0.0550. The van der Waals surface area contributed by atoms with Gasteiger partial charge in [-0.1, -0.05) is 0 Å². The van der Waals surface area contributed by atoms with Gasteiger partial charge in [-0.25, -0.2) is 9.18 Å². The van der Waals surface area contributed by atoms with E-state index < -0.39 is 36.4 Å². The van der Waals surface area contributed by atoms with Crippen molar-refractivity contribution in [1.82, 2.24) is 0 Å². The van der Waals surface area contributed by atoms with Crippen LogP contribution >= 0.6 is 7.82 Å². The molecular weight excluding hydrogens is 285 g/mol. The lowest BCUT2D eigenvalue weighted by molar-refractivity contribution is -0.211. The average molecular weight is 291 g/mol. The molecule has 2 rings (SSSR count). The molecule has 102 valence electrons. The van der Waals surface area contributed by atoms with Crippen LogP contribution in [0.1, 0.15) is 5.56 Å². The van der Waals surface area contributed by atoms with Gasteiger partial charge in [0, 0.05) is 11.5 Å². The third-order valence-electron chi connectivity index (χ3n) is 2.30. The molecule has 0 radical (unpaired) electrons. The standard InChI is InChI=1S/C10H7F2O6P/c1-4-2-7(13)17-9-5(4)3-6(11)10(8(9)12)18-19(14,15)16/h2-3H,1H3,(H2,14,15,16)/p-1. The highest BCUT2D eigenvalue weighted by atomic mass is 31.2. The number of benzene rings is 1. The Bertz CT molecular complexity index is 763. The van der Waals surface area contributed by atoms with E-state index in [1.54, 1.807) is 0 Å². The molecule has 0 saturated heterocycles. The van der Waals surface area contributed by atoms with Gasteiger partial charge in [-0.05, 0) is 18.6 Å². The summed E-state index contributed by atoms with van der Waals surface area (Å²) in [6.45, 7) is 1.42. The van der Waals surface area contributed by atoms with Gasteiger partial charge in [-0.2, -0.15) is 4.39 Å². The maximum absolute atomic E-state index is 13.9. The molecule has 1 unspecified atom stereocenters. The highest BCUT2D eigenvalue weighted by Crippen LogP contribution is 2.39. The fraction of sp³-hybridized carbons (Fsp3) is 0.100. The first-order valence-corrected chi connectivity index (χ1v) is 6.34. The number of hydrogen-bond donors (Lipinski definition) is 1. The zero-order valence-corrected chi connectivity index (χ0v) is 10.2. The fourth-order valence-corrected chi connectivity index (χ4v) is 1.96. The summed E-state index contributed by atoms with van der Waals surface area (Å²) in [6.07, 6.45) is 0. The summed E-state index contributed by atoms with van der Waals surface area (Å²) in [5, 5.41) is -0.0550. The molecule has 0 spiro atoms. The van der Waals surface area contributed by atoms with Crippen LogP contribution in [0.5, 0.6) is 5.75 Å². The summed E-state index contributed by atoms with van der Waals surface area (Å²) in [6, 6.07) is 1.76. The first-order chi connectivity index (χ1) is 8.69. The van der Waals surface area contributed by atoms with E-state index in [1.165, 1.54) is 6.92 Å². The second-order valence-corrected chi connectivity index (χ2v) is 4.81. The summed E-state index contributed by atoms with van der Waals surface area (Å²) in [4.78, 5) is 30.1. The van der Waals surface area contributed by atoms with Crippen molar-refractivity contribution in [3.05, 3.63) is 39.8 Å². The van der Waals surface area contributed by atoms with E-state index in [9.17, 15) is 23.0 Å². The van der Waals surface area contributed by atoms with Crippen molar-refractivity contribution < 1.29 is 32.1 Å². The van der Waals surface area contributed by atoms with Gasteiger partial charge in [-0.3, -0.25) is 4.57 Å². The molecule has 19 heavy (non-hydrogen) atoms. The van der Waals surface area contributed by atoms with E-state index in [2.05, 4.69) is 8.94 Å². The fourth-order valence-electron chi connectivity index (χ4n) is 1.56. The number of aryl methyl sites for hydroxylation is 1. The van der Waals surface area contributed by atoms with Crippen LogP contribution in [0.15, 0.2) is 21.3 Å². The molecule has 1 aromatic heterocycles. The summed E-state index contributed by atoms with van der Waals surface area (Å²) >= 11 is 0. The van der Waals surface area contributed by atoms with Gasteiger partial charge >= 0.3 is 13.4 Å². The lowest BCUT2D eigenvalue weighted by Crippen LogP contribution is -2.09. The van der Waals surface area contributed by atoms with Crippen LogP contribution in [0.2, 0.25) is 0 Å². The van der Waals surface area contributed by atoms with Crippen LogP contribution in [-0.2, 0) is 4.57 Å². The summed E-state index contributed by atoms with van der Waals surface area (Å²) in [5.74, 6) is -4.24. The third-order valence-corrected chi connectivity index (χ3v) is 2.71. The van der Waals surface area contributed by atoms with Crippen molar-refractivity contribution in [3.63, 3.8) is 0 Å². The number of phosphoric acid groups is 1. The number of fused-ring (bicyclic) bond motifs is 1. The Morgan fingerprint density at radius 1 is 1.42 bits per heavy atom. The Morgan fingerprint density at radius 3 is 2.63 bits per heavy atom. The smallest absolute Gasteiger partial charge is 0.336 e. The maximum atomic E-state index is 13.9. The first-order valence-electron chi connectivity index (χ1n) is 4.85. The Balaban J connectivity index is 2.82. The molecule has 0 bridgehead atoms. The van der Waals surface area contributed by atoms with Gasteiger partial charge in [0.1, 0.15) is 0 Å². The second kappa shape index (κ2) is 4.41. The van der Waals surface area contributed by atoms with E-state index >= 15 is 0 Å². The molecule has 1 aromatic carbocycles. The van der Waals surface area contributed by atoms with E-state index in [-0.39, 0.29) is 10.9 Å². The topological polar surface area (TPSA) is 99.8 Å². The zero-order chi connectivity index (χ0) is 14.4. The Kier molecular flexibility index (Phi) is 3.17. The summed E-state index contributed by atoms with van der Waals surface area (Å²) in [7, 11) is -5.39. The molecule has 0 amide bonds. The van der Waals surface area contributed by atoms with Gasteiger partial charge in [0.2, 0.25) is 11.6 Å². The van der Waals surface area contributed by atoms with E-state index in [0.717, 1.165) is 12.1 Å². The third kappa shape index (κ3) is 2.65. The minimum atomic E-state index is -5.39. The quantitative estimate of drug-likeness (QED) is 0.659. The Hall–Kier alpha value is -1.76. The second-order valence-electron chi connectivity index (χ2n) is 3.69. The van der Waals surface area contributed by atoms with Crippen LogP contribution < -0.4 is 15.0 Å². The van der Waals surface area contributed by atoms with E-state index in [1.807, 2.05) is 0 Å². The van der Waals surface area contributed by atoms with E-state index in [4.69, 9.17) is 4.89 Å². The molecule has 0 aliphatic rings. The largest absolute Gasteiger partial charge is 0.746 e. The minimum Gasteiger partial charge on any atom is -0.746 e. The predicted molar refractivity (Wildman–Crippen MR) is 57.6 cm³/mol. The van der Waals surface area contributed by atoms with Gasteiger partial charge in [0.25, 0.3) is 0 Å². The molecule has 0 aliphatic heterocycles. The monoisotopic (exact) mass is 291 g/mol. The highest BCUT2D eigenvalue weighted by Gasteiger charge is 2.21. The molecule has 0 saturated carbocycles. The van der Waals surface area contributed by atoms with Crippen LogP contribution in [-0.4, -0.2) is 4.89 Å². The highest BCUT2D eigenvalue weighted by molar-refractivity contribution is 7.45. The van der Waals surface area contributed by atoms with Gasteiger partial charge in [-0.15, -0.1) is 0 Å². The van der Waals surface area contributed by atoms with Crippen LogP contribution in [0.4, 0.5) is 8.78 Å². The zero-order valence-electron chi connectivity index (χ0n) is 9.35. The Labute approximate surface area is 104 Å². The average Bonchev–Trinajstić information content (AvgIpc) is 2.25. The van der Waals surface area contributed by atoms with Gasteiger partial charge in [0.15, 0.2) is 11.4 Å². The van der Waals surface area contributed by atoms with Gasteiger partial charge in [0.05, 0.1) is 0 Å². The lowest BCUT2D eigenvalue weighted by Gasteiger charge is -2.17. The summed E-state index contributed by atoms with van der Waals surface area (Å²) in [5.41, 5.74) is -1.31. The summed E-state index contributed by atoms with van der Waals surface area (Å²) < 4.78 is 46.2. The maximum Gasteiger partial charge on any atom is 0.336 e. The molecule has 6 nitrogen and oxygen atoms in total. The number of hydrogen-bond acceptors (Lipinski definition) is 5. The molecule has 1 N–H and O–H groups in total. The number of halogens is 2. The van der Waals surface area contributed by atoms with Crippen LogP contribution in [0.25, 0.3) is 11.0 Å². The van der Waals surface area contributed by atoms with Crippen LogP contribution in [0.3, 0.4) is 0 Å². The number of rotatable bonds is 2.